The third-order valence-corrected chi connectivity index (χ3v) is 4.06. The van der Waals surface area contributed by atoms with Gasteiger partial charge >= 0.3 is 5.97 Å². The highest BCUT2D eigenvalue weighted by Crippen LogP contribution is 2.31. The third-order valence-electron chi connectivity index (χ3n) is 4.06. The van der Waals surface area contributed by atoms with Gasteiger partial charge in [0.05, 0.1) is 31.9 Å². The van der Waals surface area contributed by atoms with E-state index >= 15 is 0 Å². The number of hydrogen-bond donors (Lipinski definition) is 0. The van der Waals surface area contributed by atoms with Crippen molar-refractivity contribution in [3.05, 3.63) is 64.2 Å². The van der Waals surface area contributed by atoms with Crippen LogP contribution in [0.2, 0.25) is 0 Å². The summed E-state index contributed by atoms with van der Waals surface area (Å²) in [4.78, 5) is 37.6. The van der Waals surface area contributed by atoms with Gasteiger partial charge in [0.15, 0.2) is 17.4 Å². The molecular formula is C18H13F2NO5. The van der Waals surface area contributed by atoms with Gasteiger partial charge < -0.3 is 9.47 Å². The Morgan fingerprint density at radius 3 is 2.15 bits per heavy atom. The standard InChI is InChI=1S/C18H13F2NO5/c1-25-15-12(19)7-9(13(14(15)20)18(24)26-2)8-21-16(22)10-5-3-4-6-11(10)17(21)23/h3-7H,8H2,1-2H3. The molecule has 1 aliphatic rings. The Balaban J connectivity index is 2.07. The maximum Gasteiger partial charge on any atom is 0.341 e. The van der Waals surface area contributed by atoms with E-state index in [0.717, 1.165) is 25.2 Å². The summed E-state index contributed by atoms with van der Waals surface area (Å²) in [5.74, 6) is -5.38. The van der Waals surface area contributed by atoms with Crippen molar-refractivity contribution in [3.8, 4) is 5.75 Å². The van der Waals surface area contributed by atoms with E-state index in [4.69, 9.17) is 0 Å². The number of halogens is 2. The highest BCUT2D eigenvalue weighted by atomic mass is 19.1. The molecule has 0 fully saturated rings. The first-order chi connectivity index (χ1) is 12.4. The van der Waals surface area contributed by atoms with E-state index in [0.29, 0.717) is 0 Å². The number of carbonyl (C=O) groups excluding carboxylic acids is 3. The highest BCUT2D eigenvalue weighted by Gasteiger charge is 2.36. The lowest BCUT2D eigenvalue weighted by molar-refractivity contribution is 0.0577. The van der Waals surface area contributed by atoms with Gasteiger partial charge in [0, 0.05) is 0 Å². The number of esters is 1. The second-order valence-corrected chi connectivity index (χ2v) is 5.47. The van der Waals surface area contributed by atoms with Gasteiger partial charge in [-0.25, -0.2) is 13.6 Å². The summed E-state index contributed by atoms with van der Waals surface area (Å²) in [5.41, 5.74) is -0.428. The molecule has 6 nitrogen and oxygen atoms in total. The molecular weight excluding hydrogens is 348 g/mol. The molecule has 0 bridgehead atoms. The number of rotatable bonds is 4. The van der Waals surface area contributed by atoms with Gasteiger partial charge in [0.25, 0.3) is 11.8 Å². The lowest BCUT2D eigenvalue weighted by Crippen LogP contribution is -2.30. The lowest BCUT2D eigenvalue weighted by atomic mass is 10.0. The monoisotopic (exact) mass is 361 g/mol. The second kappa shape index (κ2) is 6.55. The van der Waals surface area contributed by atoms with E-state index in [1.807, 2.05) is 0 Å². The average molecular weight is 361 g/mol. The van der Waals surface area contributed by atoms with Crippen LogP contribution in [0.3, 0.4) is 0 Å². The molecule has 2 aromatic rings. The Hall–Kier alpha value is -3.29. The fourth-order valence-electron chi connectivity index (χ4n) is 2.84. The number of fused-ring (bicyclic) bond motifs is 1. The van der Waals surface area contributed by atoms with Gasteiger partial charge in [-0.15, -0.1) is 0 Å². The van der Waals surface area contributed by atoms with Crippen molar-refractivity contribution in [2.24, 2.45) is 0 Å². The van der Waals surface area contributed by atoms with Gasteiger partial charge in [0.1, 0.15) is 5.56 Å². The van der Waals surface area contributed by atoms with Crippen LogP contribution in [0.5, 0.6) is 5.75 Å². The molecule has 0 saturated heterocycles. The van der Waals surface area contributed by atoms with Crippen molar-refractivity contribution in [2.45, 2.75) is 6.54 Å². The number of hydrogen-bond acceptors (Lipinski definition) is 5. The molecule has 0 radical (unpaired) electrons. The number of methoxy groups -OCH3 is 2. The summed E-state index contributed by atoms with van der Waals surface area (Å²) in [6, 6.07) is 7.00. The number of benzene rings is 2. The summed E-state index contributed by atoms with van der Waals surface area (Å²) in [7, 11) is 2.08. The summed E-state index contributed by atoms with van der Waals surface area (Å²) >= 11 is 0. The molecule has 1 heterocycles. The van der Waals surface area contributed by atoms with Crippen molar-refractivity contribution in [3.63, 3.8) is 0 Å². The average Bonchev–Trinajstić information content (AvgIpc) is 2.87. The zero-order chi connectivity index (χ0) is 19.0. The van der Waals surface area contributed by atoms with Crippen LogP contribution in [0.4, 0.5) is 8.78 Å². The molecule has 0 N–H and O–H groups in total. The first-order valence-corrected chi connectivity index (χ1v) is 7.49. The molecule has 3 rings (SSSR count). The molecule has 2 aromatic carbocycles. The molecule has 134 valence electrons. The number of amides is 2. The molecule has 1 aliphatic heterocycles. The van der Waals surface area contributed by atoms with Crippen molar-refractivity contribution in [2.75, 3.05) is 14.2 Å². The van der Waals surface area contributed by atoms with E-state index in [1.165, 1.54) is 12.1 Å². The molecule has 0 spiro atoms. The first kappa shape index (κ1) is 17.5. The van der Waals surface area contributed by atoms with Crippen LogP contribution in [0.15, 0.2) is 30.3 Å². The van der Waals surface area contributed by atoms with Crippen LogP contribution in [-0.4, -0.2) is 36.9 Å². The predicted molar refractivity (Wildman–Crippen MR) is 84.9 cm³/mol. The number of nitrogens with zero attached hydrogens (tertiary/aromatic N) is 1. The van der Waals surface area contributed by atoms with Crippen LogP contribution < -0.4 is 4.74 Å². The molecule has 0 unspecified atom stereocenters. The molecule has 0 aromatic heterocycles. The highest BCUT2D eigenvalue weighted by molar-refractivity contribution is 6.21. The minimum Gasteiger partial charge on any atom is -0.491 e. The smallest absolute Gasteiger partial charge is 0.341 e. The van der Waals surface area contributed by atoms with E-state index < -0.39 is 47.3 Å². The second-order valence-electron chi connectivity index (χ2n) is 5.47. The van der Waals surface area contributed by atoms with Gasteiger partial charge in [0.2, 0.25) is 0 Å². The fourth-order valence-corrected chi connectivity index (χ4v) is 2.84. The number of ether oxygens (including phenoxy) is 2. The predicted octanol–water partition coefficient (Wildman–Crippen LogP) is 2.56. The quantitative estimate of drug-likeness (QED) is 0.618. The molecule has 0 atom stereocenters. The molecule has 0 aliphatic carbocycles. The van der Waals surface area contributed by atoms with Crippen LogP contribution >= 0.6 is 0 Å². The van der Waals surface area contributed by atoms with Crippen LogP contribution in [0, 0.1) is 11.6 Å². The number of carbonyl (C=O) groups is 3. The molecule has 8 heteroatoms. The lowest BCUT2D eigenvalue weighted by Gasteiger charge is -2.18. The summed E-state index contributed by atoms with van der Waals surface area (Å²) in [5, 5.41) is 0. The maximum absolute atomic E-state index is 14.5. The Bertz CT molecular complexity index is 906. The Morgan fingerprint density at radius 2 is 1.65 bits per heavy atom. The summed E-state index contributed by atoms with van der Waals surface area (Å²) in [6.07, 6.45) is 0. The molecule has 26 heavy (non-hydrogen) atoms. The zero-order valence-corrected chi connectivity index (χ0v) is 13.8. The van der Waals surface area contributed by atoms with E-state index in [2.05, 4.69) is 9.47 Å². The van der Waals surface area contributed by atoms with E-state index in [9.17, 15) is 23.2 Å². The third kappa shape index (κ3) is 2.59. The number of imide groups is 1. The topological polar surface area (TPSA) is 72.9 Å². The van der Waals surface area contributed by atoms with Gasteiger partial charge in [-0.2, -0.15) is 0 Å². The normalized spacial score (nSPS) is 13.0. The van der Waals surface area contributed by atoms with Crippen LogP contribution in [0.25, 0.3) is 0 Å². The Labute approximate surface area is 146 Å². The SMILES string of the molecule is COC(=O)c1c(CN2C(=O)c3ccccc3C2=O)cc(F)c(OC)c1F. The van der Waals surface area contributed by atoms with Crippen LogP contribution in [-0.2, 0) is 11.3 Å². The summed E-state index contributed by atoms with van der Waals surface area (Å²) in [6.45, 7) is -0.491. The van der Waals surface area contributed by atoms with Crippen molar-refractivity contribution < 1.29 is 32.6 Å². The Kier molecular flexibility index (Phi) is 4.41. The van der Waals surface area contributed by atoms with Gasteiger partial charge in [-0.1, -0.05) is 12.1 Å². The van der Waals surface area contributed by atoms with Gasteiger partial charge in [-0.05, 0) is 23.8 Å². The van der Waals surface area contributed by atoms with Crippen LogP contribution in [0.1, 0.15) is 36.6 Å². The fraction of sp³-hybridized carbons (Fsp3) is 0.167. The largest absolute Gasteiger partial charge is 0.491 e. The first-order valence-electron chi connectivity index (χ1n) is 7.49. The Morgan fingerprint density at radius 1 is 1.08 bits per heavy atom. The van der Waals surface area contributed by atoms with E-state index in [1.54, 1.807) is 12.1 Å². The van der Waals surface area contributed by atoms with Crippen molar-refractivity contribution in [1.29, 1.82) is 0 Å². The van der Waals surface area contributed by atoms with Gasteiger partial charge in [-0.3, -0.25) is 14.5 Å². The minimum atomic E-state index is -1.26. The molecule has 0 saturated carbocycles. The van der Waals surface area contributed by atoms with E-state index in [-0.39, 0.29) is 16.7 Å². The molecule has 2 amide bonds. The van der Waals surface area contributed by atoms with Crippen molar-refractivity contribution in [1.82, 2.24) is 4.90 Å². The summed E-state index contributed by atoms with van der Waals surface area (Å²) < 4.78 is 37.7. The maximum atomic E-state index is 14.5. The zero-order valence-electron chi connectivity index (χ0n) is 13.8. The van der Waals surface area contributed by atoms with Crippen molar-refractivity contribution >= 4 is 17.8 Å². The minimum absolute atomic E-state index is 0.187.